The van der Waals surface area contributed by atoms with E-state index in [0.29, 0.717) is 5.56 Å². The van der Waals surface area contributed by atoms with E-state index in [1.54, 1.807) is 6.07 Å². The maximum Gasteiger partial charge on any atom is 0.448 e. The maximum atomic E-state index is 11.1. The highest BCUT2D eigenvalue weighted by molar-refractivity contribution is 7.50. The fourth-order valence-corrected chi connectivity index (χ4v) is 3.04. The van der Waals surface area contributed by atoms with Crippen LogP contribution in [-0.4, -0.2) is 41.7 Å². The summed E-state index contributed by atoms with van der Waals surface area (Å²) in [4.78, 5) is 18.0. The third-order valence-corrected chi connectivity index (χ3v) is 4.30. The van der Waals surface area contributed by atoms with E-state index in [2.05, 4.69) is 4.76 Å². The Bertz CT molecular complexity index is 763. The summed E-state index contributed by atoms with van der Waals surface area (Å²) >= 11 is 0. The van der Waals surface area contributed by atoms with Crippen LogP contribution in [-0.2, 0) is 4.57 Å². The molecule has 0 radical (unpaired) electrons. The van der Waals surface area contributed by atoms with Gasteiger partial charge < -0.3 is 30.2 Å². The Hall–Kier alpha value is -1.96. The van der Waals surface area contributed by atoms with E-state index in [1.165, 1.54) is 43.4 Å². The van der Waals surface area contributed by atoms with Crippen LogP contribution >= 0.6 is 7.75 Å². The van der Waals surface area contributed by atoms with Crippen molar-refractivity contribution in [1.82, 2.24) is 0 Å². The van der Waals surface area contributed by atoms with Gasteiger partial charge in [-0.15, -0.1) is 0 Å². The number of allylic oxidation sites excluding steroid dienone is 3. The van der Waals surface area contributed by atoms with Crippen molar-refractivity contribution >= 4 is 13.5 Å². The number of hydrogen-bond donors (Lipinski definition) is 6. The first kappa shape index (κ1) is 18.4. The Morgan fingerprint density at radius 2 is 1.92 bits per heavy atom. The van der Waals surface area contributed by atoms with Gasteiger partial charge in [-0.25, -0.2) is 4.57 Å². The van der Waals surface area contributed by atoms with Crippen LogP contribution in [0.3, 0.4) is 0 Å². The smallest absolute Gasteiger partial charge is 0.448 e. The highest BCUT2D eigenvalue weighted by Gasteiger charge is 2.46. The molecule has 0 aliphatic heterocycles. The molecule has 1 aliphatic rings. The molecular weight excluding hydrogens is 337 g/mol. The molecule has 0 saturated carbocycles. The fraction of sp³-hybridized carbons (Fsp3) is 0.267. The highest BCUT2D eigenvalue weighted by atomic mass is 31.2. The zero-order valence-corrected chi connectivity index (χ0v) is 13.6. The fourth-order valence-electron chi connectivity index (χ4n) is 2.56. The van der Waals surface area contributed by atoms with Crippen LogP contribution in [0.25, 0.3) is 0 Å². The van der Waals surface area contributed by atoms with Crippen molar-refractivity contribution in [2.24, 2.45) is 10.7 Å². The van der Waals surface area contributed by atoms with Crippen LogP contribution in [0.1, 0.15) is 18.4 Å². The molecule has 24 heavy (non-hydrogen) atoms. The summed E-state index contributed by atoms with van der Waals surface area (Å²) in [5, 5.41) is 40.8. The molecule has 2 atom stereocenters. The molecule has 130 valence electrons. The van der Waals surface area contributed by atoms with Gasteiger partial charge in [-0.1, -0.05) is 25.1 Å². The van der Waals surface area contributed by atoms with Crippen molar-refractivity contribution in [3.05, 3.63) is 53.8 Å². The molecule has 0 heterocycles. The van der Waals surface area contributed by atoms with Crippen LogP contribution < -0.4 is 0 Å². The van der Waals surface area contributed by atoms with Gasteiger partial charge in [0.2, 0.25) is 0 Å². The molecule has 2 rings (SSSR count). The molecule has 8 nitrogen and oxygen atoms in total. The van der Waals surface area contributed by atoms with E-state index < -0.39 is 31.1 Å². The first-order valence-corrected chi connectivity index (χ1v) is 8.55. The van der Waals surface area contributed by atoms with E-state index in [0.717, 1.165) is 0 Å². The molecule has 0 saturated heterocycles. The highest BCUT2D eigenvalue weighted by Crippen LogP contribution is 2.42. The summed E-state index contributed by atoms with van der Waals surface area (Å²) in [6, 6.07) is 5.79. The molecule has 1 aliphatic carbocycles. The maximum absolute atomic E-state index is 11.1. The number of hydrogen-bond acceptors (Lipinski definition) is 5. The second-order valence-electron chi connectivity index (χ2n) is 5.52. The topological polar surface area (TPSA) is 151 Å². The third kappa shape index (κ3) is 3.92. The Balaban J connectivity index is 2.48. The van der Waals surface area contributed by atoms with E-state index in [9.17, 15) is 25.0 Å². The SMILES string of the molecule is CC(c1cccc(O)c1)C(O)(O)C1C(O)=CC=C/C1=N\P(=O)(O)O. The molecule has 0 amide bonds. The van der Waals surface area contributed by atoms with Gasteiger partial charge in [-0.2, -0.15) is 4.76 Å². The Morgan fingerprint density at radius 3 is 2.50 bits per heavy atom. The number of benzene rings is 1. The normalized spacial score (nSPS) is 21.6. The van der Waals surface area contributed by atoms with Crippen LogP contribution in [0, 0.1) is 5.92 Å². The summed E-state index contributed by atoms with van der Waals surface area (Å²) in [5.74, 6) is -5.77. The van der Waals surface area contributed by atoms with Gasteiger partial charge in [0.1, 0.15) is 17.4 Å². The lowest BCUT2D eigenvalue weighted by molar-refractivity contribution is -0.195. The summed E-state index contributed by atoms with van der Waals surface area (Å²) in [5.41, 5.74) is -0.00165. The number of phenolic OH excluding ortho intramolecular Hbond substituents is 1. The van der Waals surface area contributed by atoms with Crippen LogP contribution in [0.5, 0.6) is 5.75 Å². The minimum atomic E-state index is -4.84. The predicted molar refractivity (Wildman–Crippen MR) is 86.5 cm³/mol. The lowest BCUT2D eigenvalue weighted by Gasteiger charge is -2.37. The number of aromatic hydroxyl groups is 1. The third-order valence-electron chi connectivity index (χ3n) is 3.80. The number of phenols is 1. The summed E-state index contributed by atoms with van der Waals surface area (Å²) in [7, 11) is -4.84. The second-order valence-corrected chi connectivity index (χ2v) is 6.75. The lowest BCUT2D eigenvalue weighted by atomic mass is 9.78. The van der Waals surface area contributed by atoms with Crippen LogP contribution in [0.15, 0.2) is 53.0 Å². The first-order valence-electron chi connectivity index (χ1n) is 6.99. The quantitative estimate of drug-likeness (QED) is 0.352. The van der Waals surface area contributed by atoms with Crippen LogP contribution in [0.4, 0.5) is 0 Å². The number of aliphatic hydroxyl groups is 3. The van der Waals surface area contributed by atoms with Gasteiger partial charge in [0.15, 0.2) is 5.79 Å². The van der Waals surface area contributed by atoms with Crippen molar-refractivity contribution in [3.63, 3.8) is 0 Å². The van der Waals surface area contributed by atoms with Crippen molar-refractivity contribution in [1.29, 1.82) is 0 Å². The van der Waals surface area contributed by atoms with E-state index in [-0.39, 0.29) is 11.5 Å². The molecule has 9 heteroatoms. The largest absolute Gasteiger partial charge is 0.511 e. The van der Waals surface area contributed by atoms with Crippen molar-refractivity contribution in [3.8, 4) is 5.75 Å². The molecule has 2 unspecified atom stereocenters. The monoisotopic (exact) mass is 355 g/mol. The van der Waals surface area contributed by atoms with Gasteiger partial charge in [0.25, 0.3) is 0 Å². The Morgan fingerprint density at radius 1 is 1.25 bits per heavy atom. The number of nitrogens with zero attached hydrogens (tertiary/aromatic N) is 1. The Kier molecular flexibility index (Phi) is 4.98. The standard InChI is InChI=1S/C15H18NO7P/c1-9(10-4-2-5-11(17)8-10)15(19,20)14-12(16-24(21,22)23)6-3-7-13(14)18/h2-9,14,17-20H,1H3,(H2,21,22,23)/b16-12+. The minimum absolute atomic E-state index is 0.0810. The number of rotatable bonds is 4. The second kappa shape index (κ2) is 6.51. The van der Waals surface area contributed by atoms with Crippen molar-refractivity contribution in [2.75, 3.05) is 0 Å². The lowest BCUT2D eigenvalue weighted by Crippen LogP contribution is -2.47. The summed E-state index contributed by atoms with van der Waals surface area (Å²) in [6.45, 7) is 1.44. The molecular formula is C15H18NO7P. The van der Waals surface area contributed by atoms with Crippen LogP contribution in [0.2, 0.25) is 0 Å². The number of aliphatic hydroxyl groups excluding tert-OH is 1. The molecule has 6 N–H and O–H groups in total. The molecule has 0 fully saturated rings. The minimum Gasteiger partial charge on any atom is -0.511 e. The van der Waals surface area contributed by atoms with Gasteiger partial charge in [0, 0.05) is 5.92 Å². The predicted octanol–water partition coefficient (Wildman–Crippen LogP) is 1.34. The summed E-state index contributed by atoms with van der Waals surface area (Å²) in [6.07, 6.45) is 3.65. The zero-order chi connectivity index (χ0) is 18.1. The Labute approximate surface area is 138 Å². The molecule has 0 spiro atoms. The zero-order valence-electron chi connectivity index (χ0n) is 12.7. The van der Waals surface area contributed by atoms with Crippen molar-refractivity contribution in [2.45, 2.75) is 18.6 Å². The van der Waals surface area contributed by atoms with E-state index in [4.69, 9.17) is 9.79 Å². The molecule has 1 aromatic rings. The molecule has 0 bridgehead atoms. The molecule has 1 aromatic carbocycles. The van der Waals surface area contributed by atoms with E-state index >= 15 is 0 Å². The first-order chi connectivity index (χ1) is 11.0. The van der Waals surface area contributed by atoms with Gasteiger partial charge in [-0.05, 0) is 29.8 Å². The average Bonchev–Trinajstić information content (AvgIpc) is 2.44. The van der Waals surface area contributed by atoms with E-state index in [1.807, 2.05) is 0 Å². The van der Waals surface area contributed by atoms with Gasteiger partial charge >= 0.3 is 7.75 Å². The van der Waals surface area contributed by atoms with Crippen molar-refractivity contribution < 1.29 is 34.8 Å². The van der Waals surface area contributed by atoms with Gasteiger partial charge in [-0.3, -0.25) is 0 Å². The average molecular weight is 355 g/mol. The van der Waals surface area contributed by atoms with Gasteiger partial charge in [0.05, 0.1) is 5.71 Å². The summed E-state index contributed by atoms with van der Waals surface area (Å²) < 4.78 is 14.3. The molecule has 0 aromatic heterocycles.